The van der Waals surface area contributed by atoms with Gasteiger partial charge in [-0.2, -0.15) is 23.1 Å². The number of piperidine rings is 1. The van der Waals surface area contributed by atoms with Crippen LogP contribution in [0.15, 0.2) is 6.20 Å². The third-order valence-electron chi connectivity index (χ3n) is 3.26. The smallest absolute Gasteiger partial charge is 0.272 e. The van der Waals surface area contributed by atoms with Crippen molar-refractivity contribution >= 4 is 16.0 Å². The molecular formula is C11H17N5O2S. The van der Waals surface area contributed by atoms with E-state index in [1.807, 2.05) is 6.07 Å². The first kappa shape index (κ1) is 13.8. The monoisotopic (exact) mass is 283 g/mol. The van der Waals surface area contributed by atoms with Gasteiger partial charge in [-0.1, -0.05) is 6.92 Å². The summed E-state index contributed by atoms with van der Waals surface area (Å²) in [5.41, 5.74) is 0.219. The van der Waals surface area contributed by atoms with Gasteiger partial charge in [0, 0.05) is 26.3 Å². The molecule has 1 aromatic heterocycles. The molecule has 0 aromatic carbocycles. The molecule has 7 nitrogen and oxygen atoms in total. The second-order valence-corrected chi connectivity index (χ2v) is 6.54. The third-order valence-corrected chi connectivity index (χ3v) is 4.75. The maximum absolute atomic E-state index is 12.2. The molecule has 19 heavy (non-hydrogen) atoms. The van der Waals surface area contributed by atoms with Crippen LogP contribution in [0.1, 0.15) is 25.3 Å². The molecule has 1 aromatic rings. The molecule has 0 atom stereocenters. The van der Waals surface area contributed by atoms with Crippen molar-refractivity contribution < 1.29 is 8.42 Å². The zero-order valence-electron chi connectivity index (χ0n) is 11.0. The highest BCUT2D eigenvalue weighted by atomic mass is 32.2. The molecule has 0 radical (unpaired) electrons. The van der Waals surface area contributed by atoms with Crippen LogP contribution in [0, 0.1) is 17.2 Å². The molecule has 104 valence electrons. The van der Waals surface area contributed by atoms with Crippen molar-refractivity contribution in [2.45, 2.75) is 19.8 Å². The zero-order valence-corrected chi connectivity index (χ0v) is 11.8. The van der Waals surface area contributed by atoms with Crippen molar-refractivity contribution in [2.75, 3.05) is 17.8 Å². The van der Waals surface area contributed by atoms with Gasteiger partial charge in [-0.25, -0.2) is 0 Å². The lowest BCUT2D eigenvalue weighted by molar-refractivity contribution is 0.289. The largest absolute Gasteiger partial charge is 0.302 e. The van der Waals surface area contributed by atoms with Crippen LogP contribution in [0.25, 0.3) is 0 Å². The molecule has 1 aliphatic rings. The van der Waals surface area contributed by atoms with Gasteiger partial charge in [0.25, 0.3) is 0 Å². The predicted molar refractivity (Wildman–Crippen MR) is 70.4 cm³/mol. The van der Waals surface area contributed by atoms with Gasteiger partial charge in [-0.05, 0) is 18.8 Å². The molecule has 0 bridgehead atoms. The number of anilines is 1. The van der Waals surface area contributed by atoms with Crippen LogP contribution >= 0.6 is 0 Å². The fourth-order valence-electron chi connectivity index (χ4n) is 2.06. The summed E-state index contributed by atoms with van der Waals surface area (Å²) in [5, 5.41) is 12.9. The normalized spacial score (nSPS) is 18.2. The van der Waals surface area contributed by atoms with Crippen LogP contribution in [0.2, 0.25) is 0 Å². The number of rotatable bonds is 3. The number of hydrogen-bond acceptors (Lipinski definition) is 4. The van der Waals surface area contributed by atoms with E-state index in [0.29, 0.717) is 19.0 Å². The predicted octanol–water partition coefficient (Wildman–Crippen LogP) is 0.680. The fraction of sp³-hybridized carbons (Fsp3) is 0.636. The van der Waals surface area contributed by atoms with E-state index in [1.165, 1.54) is 15.2 Å². The molecule has 0 spiro atoms. The summed E-state index contributed by atoms with van der Waals surface area (Å²) in [6.45, 7) is 3.13. The van der Waals surface area contributed by atoms with Gasteiger partial charge in [-0.3, -0.25) is 9.40 Å². The highest BCUT2D eigenvalue weighted by Crippen LogP contribution is 2.20. The van der Waals surface area contributed by atoms with E-state index in [-0.39, 0.29) is 11.4 Å². The van der Waals surface area contributed by atoms with E-state index in [0.717, 1.165) is 12.8 Å². The molecule has 2 heterocycles. The minimum atomic E-state index is -3.62. The molecule has 1 fully saturated rings. The number of nitrogens with one attached hydrogen (secondary N) is 1. The van der Waals surface area contributed by atoms with Crippen LogP contribution < -0.4 is 4.72 Å². The summed E-state index contributed by atoms with van der Waals surface area (Å²) in [6.07, 6.45) is 3.19. The van der Waals surface area contributed by atoms with Crippen molar-refractivity contribution in [3.8, 4) is 6.07 Å². The Balaban J connectivity index is 2.15. The quantitative estimate of drug-likeness (QED) is 0.883. The third kappa shape index (κ3) is 3.05. The lowest BCUT2D eigenvalue weighted by Crippen LogP contribution is -2.41. The first-order chi connectivity index (χ1) is 8.92. The lowest BCUT2D eigenvalue weighted by atomic mass is 10.0. The van der Waals surface area contributed by atoms with Crippen molar-refractivity contribution in [1.29, 1.82) is 5.26 Å². The van der Waals surface area contributed by atoms with Gasteiger partial charge in [0.2, 0.25) is 0 Å². The Hall–Kier alpha value is -1.59. The minimum Gasteiger partial charge on any atom is -0.272 e. The van der Waals surface area contributed by atoms with E-state index >= 15 is 0 Å². The Morgan fingerprint density at radius 1 is 1.47 bits per heavy atom. The summed E-state index contributed by atoms with van der Waals surface area (Å²) in [5.74, 6) is 0.639. The average Bonchev–Trinajstić information content (AvgIpc) is 2.69. The number of nitriles is 1. The van der Waals surface area contributed by atoms with Gasteiger partial charge in [-0.15, -0.1) is 0 Å². The molecule has 0 saturated carbocycles. The number of hydrogen-bond donors (Lipinski definition) is 1. The minimum absolute atomic E-state index is 0.0867. The Bertz CT molecular complexity index is 593. The van der Waals surface area contributed by atoms with Crippen LogP contribution in [0.4, 0.5) is 5.82 Å². The van der Waals surface area contributed by atoms with Gasteiger partial charge in [0.05, 0.1) is 0 Å². The second-order valence-electron chi connectivity index (χ2n) is 4.87. The molecular weight excluding hydrogens is 266 g/mol. The number of aryl methyl sites for hydroxylation is 1. The van der Waals surface area contributed by atoms with Crippen LogP contribution in [0.3, 0.4) is 0 Å². The van der Waals surface area contributed by atoms with E-state index < -0.39 is 10.2 Å². The first-order valence-corrected chi connectivity index (χ1v) is 7.58. The summed E-state index contributed by atoms with van der Waals surface area (Å²) < 4.78 is 29.6. The Kier molecular flexibility index (Phi) is 3.78. The zero-order chi connectivity index (χ0) is 14.0. The van der Waals surface area contributed by atoms with Crippen molar-refractivity contribution in [3.63, 3.8) is 0 Å². The lowest BCUT2D eigenvalue weighted by Gasteiger charge is -2.29. The summed E-state index contributed by atoms with van der Waals surface area (Å²) in [7, 11) is -1.98. The van der Waals surface area contributed by atoms with Crippen LogP contribution in [0.5, 0.6) is 0 Å². The topological polar surface area (TPSA) is 91.0 Å². The van der Waals surface area contributed by atoms with E-state index in [4.69, 9.17) is 5.26 Å². The van der Waals surface area contributed by atoms with Crippen LogP contribution in [-0.2, 0) is 17.3 Å². The summed E-state index contributed by atoms with van der Waals surface area (Å²) >= 11 is 0. The fourth-order valence-corrected chi connectivity index (χ4v) is 3.27. The number of aromatic nitrogens is 2. The Morgan fingerprint density at radius 3 is 2.68 bits per heavy atom. The standard InChI is InChI=1S/C11H17N5O2S/c1-9-3-5-16(6-4-9)19(17,18)14-11-10(7-12)8-15(2)13-11/h8-9H,3-6H2,1-2H3,(H,13,14). The van der Waals surface area contributed by atoms with E-state index in [1.54, 1.807) is 7.05 Å². The van der Waals surface area contributed by atoms with Crippen LogP contribution in [-0.4, -0.2) is 35.6 Å². The molecule has 1 N–H and O–H groups in total. The van der Waals surface area contributed by atoms with Crippen molar-refractivity contribution in [1.82, 2.24) is 14.1 Å². The Morgan fingerprint density at radius 2 is 2.11 bits per heavy atom. The highest BCUT2D eigenvalue weighted by molar-refractivity contribution is 7.90. The summed E-state index contributed by atoms with van der Waals surface area (Å²) in [4.78, 5) is 0. The molecule has 1 aliphatic heterocycles. The maximum Gasteiger partial charge on any atom is 0.302 e. The first-order valence-electron chi connectivity index (χ1n) is 6.14. The SMILES string of the molecule is CC1CCN(S(=O)(=O)Nc2nn(C)cc2C#N)CC1. The molecule has 0 unspecified atom stereocenters. The number of nitrogens with zero attached hydrogens (tertiary/aromatic N) is 4. The molecule has 2 rings (SSSR count). The maximum atomic E-state index is 12.2. The Labute approximate surface area is 113 Å². The molecule has 8 heteroatoms. The second kappa shape index (κ2) is 5.19. The molecule has 0 amide bonds. The van der Waals surface area contributed by atoms with Crippen molar-refractivity contribution in [3.05, 3.63) is 11.8 Å². The summed E-state index contributed by atoms with van der Waals surface area (Å²) in [6, 6.07) is 1.92. The van der Waals surface area contributed by atoms with E-state index in [2.05, 4.69) is 16.7 Å². The van der Waals surface area contributed by atoms with E-state index in [9.17, 15) is 8.42 Å². The van der Waals surface area contributed by atoms with Gasteiger partial charge >= 0.3 is 10.2 Å². The van der Waals surface area contributed by atoms with Gasteiger partial charge in [0.1, 0.15) is 11.6 Å². The van der Waals surface area contributed by atoms with Crippen molar-refractivity contribution in [2.24, 2.45) is 13.0 Å². The molecule has 1 saturated heterocycles. The van der Waals surface area contributed by atoms with Gasteiger partial charge < -0.3 is 0 Å². The van der Waals surface area contributed by atoms with Gasteiger partial charge in [0.15, 0.2) is 5.82 Å². The average molecular weight is 283 g/mol. The molecule has 0 aliphatic carbocycles. The highest BCUT2D eigenvalue weighted by Gasteiger charge is 2.27.